The number of hydrogen-bond acceptors (Lipinski definition) is 2. The summed E-state index contributed by atoms with van der Waals surface area (Å²) in [4.78, 5) is 13.6. The molecule has 2 aliphatic carbocycles. The van der Waals surface area contributed by atoms with Crippen LogP contribution in [0, 0.1) is 16.7 Å². The number of carbonyl (C=O) groups is 1. The van der Waals surface area contributed by atoms with E-state index in [0.29, 0.717) is 11.7 Å². The Kier molecular flexibility index (Phi) is 7.04. The van der Waals surface area contributed by atoms with E-state index in [-0.39, 0.29) is 22.8 Å². The minimum absolute atomic E-state index is 0.0143. The molecule has 0 aliphatic heterocycles. The summed E-state index contributed by atoms with van der Waals surface area (Å²) in [6.07, 6.45) is 11.7. The van der Waals surface area contributed by atoms with Crippen LogP contribution in [0.25, 0.3) is 0 Å². The van der Waals surface area contributed by atoms with E-state index in [1.54, 1.807) is 0 Å². The maximum atomic E-state index is 13.6. The molecule has 3 unspecified atom stereocenters. The maximum absolute atomic E-state index is 13.6. The molecule has 3 rings (SSSR count). The summed E-state index contributed by atoms with van der Waals surface area (Å²) >= 11 is 0. The lowest BCUT2D eigenvalue weighted by atomic mass is 9.68. The molecule has 1 amide bonds. The zero-order valence-electron chi connectivity index (χ0n) is 20.6. The zero-order chi connectivity index (χ0) is 22.1. The highest BCUT2D eigenvalue weighted by Gasteiger charge is 2.46. The van der Waals surface area contributed by atoms with Crippen molar-refractivity contribution in [2.24, 2.45) is 16.7 Å². The van der Waals surface area contributed by atoms with Crippen molar-refractivity contribution in [2.75, 3.05) is 0 Å². The Morgan fingerprint density at radius 3 is 2.33 bits per heavy atom. The summed E-state index contributed by atoms with van der Waals surface area (Å²) < 4.78 is 2.23. The fourth-order valence-electron chi connectivity index (χ4n) is 6.53. The summed E-state index contributed by atoms with van der Waals surface area (Å²) in [5.74, 6) is 0.775. The van der Waals surface area contributed by atoms with Gasteiger partial charge in [0.25, 0.3) is 5.91 Å². The van der Waals surface area contributed by atoms with Crippen LogP contribution >= 0.6 is 0 Å². The van der Waals surface area contributed by atoms with Gasteiger partial charge in [0.1, 0.15) is 0 Å². The smallest absolute Gasteiger partial charge is 0.272 e. The van der Waals surface area contributed by atoms with Crippen LogP contribution in [0.1, 0.15) is 128 Å². The van der Waals surface area contributed by atoms with Crippen LogP contribution in [-0.4, -0.2) is 21.7 Å². The molecular weight excluding hydrogens is 370 g/mol. The Morgan fingerprint density at radius 2 is 1.83 bits per heavy atom. The Labute approximate surface area is 184 Å². The van der Waals surface area contributed by atoms with Crippen molar-refractivity contribution in [2.45, 2.75) is 125 Å². The average molecular weight is 416 g/mol. The van der Waals surface area contributed by atoms with Gasteiger partial charge in [0, 0.05) is 17.3 Å². The number of carbonyl (C=O) groups excluding carboxylic acids is 1. The van der Waals surface area contributed by atoms with Gasteiger partial charge in [0.05, 0.1) is 6.04 Å². The molecule has 4 heteroatoms. The van der Waals surface area contributed by atoms with E-state index in [9.17, 15) is 4.79 Å². The molecular formula is C26H45N3O. The van der Waals surface area contributed by atoms with Gasteiger partial charge in [0.2, 0.25) is 0 Å². The number of aromatic nitrogens is 2. The number of rotatable bonds is 6. The monoisotopic (exact) mass is 415 g/mol. The van der Waals surface area contributed by atoms with Crippen LogP contribution in [0.5, 0.6) is 0 Å². The van der Waals surface area contributed by atoms with Gasteiger partial charge in [-0.15, -0.1) is 0 Å². The van der Waals surface area contributed by atoms with Crippen LogP contribution in [0.15, 0.2) is 0 Å². The minimum Gasteiger partial charge on any atom is -0.347 e. The lowest BCUT2D eigenvalue weighted by molar-refractivity contribution is 0.0723. The van der Waals surface area contributed by atoms with Crippen LogP contribution < -0.4 is 5.32 Å². The summed E-state index contributed by atoms with van der Waals surface area (Å²) in [6.45, 7) is 15.9. The average Bonchev–Trinajstić information content (AvgIpc) is 3.25. The fraction of sp³-hybridized carbons (Fsp3) is 0.846. The van der Waals surface area contributed by atoms with Crippen LogP contribution in [0.3, 0.4) is 0 Å². The van der Waals surface area contributed by atoms with Crippen LogP contribution in [0.2, 0.25) is 0 Å². The van der Waals surface area contributed by atoms with Gasteiger partial charge in [-0.3, -0.25) is 9.48 Å². The molecule has 170 valence electrons. The predicted molar refractivity (Wildman–Crippen MR) is 125 cm³/mol. The van der Waals surface area contributed by atoms with Crippen molar-refractivity contribution in [3.05, 3.63) is 17.0 Å². The van der Waals surface area contributed by atoms with Crippen molar-refractivity contribution in [3.8, 4) is 0 Å². The zero-order valence-corrected chi connectivity index (χ0v) is 20.6. The molecule has 3 atom stereocenters. The summed E-state index contributed by atoms with van der Waals surface area (Å²) in [5, 5.41) is 8.48. The third-order valence-corrected chi connectivity index (χ3v) is 7.80. The highest BCUT2D eigenvalue weighted by Crippen LogP contribution is 2.48. The highest BCUT2D eigenvalue weighted by molar-refractivity contribution is 5.94. The third kappa shape index (κ3) is 4.62. The molecule has 0 saturated heterocycles. The van der Waals surface area contributed by atoms with Gasteiger partial charge in [0.15, 0.2) is 5.69 Å². The van der Waals surface area contributed by atoms with Gasteiger partial charge in [-0.1, -0.05) is 74.1 Å². The van der Waals surface area contributed by atoms with Gasteiger partial charge < -0.3 is 5.32 Å². The molecule has 0 aromatic carbocycles. The van der Waals surface area contributed by atoms with Crippen molar-refractivity contribution < 1.29 is 4.79 Å². The number of hydrogen-bond donors (Lipinski definition) is 1. The number of nitrogens with zero attached hydrogens (tertiary/aromatic N) is 2. The van der Waals surface area contributed by atoms with Crippen molar-refractivity contribution in [1.82, 2.24) is 15.1 Å². The third-order valence-electron chi connectivity index (χ3n) is 7.80. The molecule has 0 radical (unpaired) electrons. The first-order valence-corrected chi connectivity index (χ1v) is 12.5. The lowest BCUT2D eigenvalue weighted by Crippen LogP contribution is -2.53. The summed E-state index contributed by atoms with van der Waals surface area (Å²) in [5.41, 5.74) is 3.30. The molecule has 30 heavy (non-hydrogen) atoms. The Balaban J connectivity index is 1.92. The molecule has 1 aromatic heterocycles. The number of amides is 1. The van der Waals surface area contributed by atoms with E-state index in [1.807, 2.05) is 0 Å². The lowest BCUT2D eigenvalue weighted by Gasteiger charge is -2.43. The van der Waals surface area contributed by atoms with Crippen LogP contribution in [0.4, 0.5) is 0 Å². The Hall–Kier alpha value is -1.32. The second-order valence-electron chi connectivity index (χ2n) is 11.5. The summed E-state index contributed by atoms with van der Waals surface area (Å²) in [7, 11) is 0. The SMILES string of the molecule is CCc1c(C(=O)NC(C(C)(C)C)C2(C)CCC(C)C2)nn(C2CCCCC2)c1CC. The second-order valence-corrected chi connectivity index (χ2v) is 11.5. The molecule has 4 nitrogen and oxygen atoms in total. The first-order valence-electron chi connectivity index (χ1n) is 12.5. The van der Waals surface area contributed by atoms with E-state index in [2.05, 4.69) is 58.5 Å². The minimum atomic E-state index is 0.0143. The summed E-state index contributed by atoms with van der Waals surface area (Å²) in [6, 6.07) is 0.615. The van der Waals surface area contributed by atoms with E-state index in [1.165, 1.54) is 57.1 Å². The van der Waals surface area contributed by atoms with Crippen molar-refractivity contribution in [3.63, 3.8) is 0 Å². The van der Waals surface area contributed by atoms with E-state index < -0.39 is 0 Å². The highest BCUT2D eigenvalue weighted by atomic mass is 16.2. The Bertz CT molecular complexity index is 738. The fourth-order valence-corrected chi connectivity index (χ4v) is 6.53. The molecule has 0 spiro atoms. The normalized spacial score (nSPS) is 26.7. The largest absolute Gasteiger partial charge is 0.347 e. The van der Waals surface area contributed by atoms with Crippen LogP contribution in [-0.2, 0) is 12.8 Å². The molecule has 1 N–H and O–H groups in total. The van der Waals surface area contributed by atoms with E-state index in [4.69, 9.17) is 5.10 Å². The molecule has 2 fully saturated rings. The number of nitrogens with one attached hydrogen (secondary N) is 1. The topological polar surface area (TPSA) is 46.9 Å². The molecule has 1 aromatic rings. The predicted octanol–water partition coefficient (Wildman–Crippen LogP) is 6.48. The maximum Gasteiger partial charge on any atom is 0.272 e. The first-order chi connectivity index (χ1) is 14.1. The van der Waals surface area contributed by atoms with Gasteiger partial charge in [-0.2, -0.15) is 5.10 Å². The van der Waals surface area contributed by atoms with E-state index in [0.717, 1.165) is 24.3 Å². The van der Waals surface area contributed by atoms with Gasteiger partial charge >= 0.3 is 0 Å². The first kappa shape index (κ1) is 23.3. The van der Waals surface area contributed by atoms with Crippen molar-refractivity contribution >= 4 is 5.91 Å². The Morgan fingerprint density at radius 1 is 1.17 bits per heavy atom. The standard InChI is InChI=1S/C26H45N3O/c1-8-20-21(9-2)29(19-13-11-10-12-14-19)28-22(20)23(30)27-24(25(4,5)6)26(7)16-15-18(3)17-26/h18-19,24H,8-17H2,1-7H3,(H,27,30). The quantitative estimate of drug-likeness (QED) is 0.577. The van der Waals surface area contributed by atoms with Gasteiger partial charge in [-0.05, 0) is 55.3 Å². The van der Waals surface area contributed by atoms with Crippen molar-refractivity contribution in [1.29, 1.82) is 0 Å². The molecule has 1 heterocycles. The van der Waals surface area contributed by atoms with E-state index >= 15 is 0 Å². The molecule has 2 aliphatic rings. The second kappa shape index (κ2) is 9.04. The molecule has 2 saturated carbocycles. The molecule has 0 bridgehead atoms. The van der Waals surface area contributed by atoms with Gasteiger partial charge in [-0.25, -0.2) is 0 Å².